The van der Waals surface area contributed by atoms with Crippen molar-refractivity contribution in [3.05, 3.63) is 35.4 Å². The van der Waals surface area contributed by atoms with Gasteiger partial charge in [0, 0.05) is 12.1 Å². The molecule has 0 fully saturated rings. The van der Waals surface area contributed by atoms with Gasteiger partial charge in [0.25, 0.3) is 0 Å². The van der Waals surface area contributed by atoms with Gasteiger partial charge in [0.15, 0.2) is 11.5 Å². The van der Waals surface area contributed by atoms with Crippen molar-refractivity contribution in [3.63, 3.8) is 0 Å². The van der Waals surface area contributed by atoms with E-state index in [1.807, 2.05) is 12.1 Å². The zero-order chi connectivity index (χ0) is 13.5. The number of ether oxygens (including phenoxy) is 2. The lowest BCUT2D eigenvalue weighted by atomic mass is 10.1. The lowest BCUT2D eigenvalue weighted by Gasteiger charge is -2.13. The highest BCUT2D eigenvalue weighted by atomic mass is 16.5. The smallest absolute Gasteiger partial charge is 0.165 e. The van der Waals surface area contributed by atoms with E-state index in [1.165, 1.54) is 19.3 Å². The fraction of sp³-hybridized carbons (Fsp3) is 0.500. The van der Waals surface area contributed by atoms with Gasteiger partial charge in [0.1, 0.15) is 0 Å². The monoisotopic (exact) mass is 261 g/mol. The number of benzene rings is 1. The van der Waals surface area contributed by atoms with E-state index in [0.717, 1.165) is 36.6 Å². The number of allylic oxidation sites excluding steroid dienone is 1. The summed E-state index contributed by atoms with van der Waals surface area (Å²) in [7, 11) is 3.35. The molecule has 0 spiro atoms. The zero-order valence-electron chi connectivity index (χ0n) is 11.9. The molecule has 0 radical (unpaired) electrons. The summed E-state index contributed by atoms with van der Waals surface area (Å²) in [6.45, 7) is 1.83. The van der Waals surface area contributed by atoms with Crippen LogP contribution in [0.3, 0.4) is 0 Å². The van der Waals surface area contributed by atoms with Crippen molar-refractivity contribution in [2.45, 2.75) is 32.2 Å². The van der Waals surface area contributed by atoms with E-state index >= 15 is 0 Å². The highest BCUT2D eigenvalue weighted by Gasteiger charge is 2.09. The van der Waals surface area contributed by atoms with Crippen LogP contribution in [0.4, 0.5) is 0 Å². The van der Waals surface area contributed by atoms with Gasteiger partial charge in [-0.05, 0) is 38.3 Å². The van der Waals surface area contributed by atoms with Crippen LogP contribution in [0.5, 0.6) is 11.5 Å². The van der Waals surface area contributed by atoms with Gasteiger partial charge < -0.3 is 14.8 Å². The number of rotatable bonds is 7. The Labute approximate surface area is 115 Å². The van der Waals surface area contributed by atoms with Gasteiger partial charge in [0.2, 0.25) is 0 Å². The Kier molecular flexibility index (Phi) is 5.28. The molecule has 0 bridgehead atoms. The Bertz CT molecular complexity index is 440. The number of methoxy groups -OCH3 is 2. The molecule has 0 aliphatic heterocycles. The van der Waals surface area contributed by atoms with Gasteiger partial charge in [0.05, 0.1) is 14.2 Å². The van der Waals surface area contributed by atoms with E-state index < -0.39 is 0 Å². The fourth-order valence-corrected chi connectivity index (χ4v) is 2.53. The molecule has 1 aromatic rings. The average molecular weight is 261 g/mol. The molecule has 1 aromatic carbocycles. The molecule has 0 atom stereocenters. The quantitative estimate of drug-likeness (QED) is 0.603. The summed E-state index contributed by atoms with van der Waals surface area (Å²) in [6, 6.07) is 5.99. The molecule has 0 saturated carbocycles. The predicted molar refractivity (Wildman–Crippen MR) is 77.8 cm³/mol. The maximum Gasteiger partial charge on any atom is 0.165 e. The van der Waals surface area contributed by atoms with Crippen LogP contribution >= 0.6 is 0 Å². The van der Waals surface area contributed by atoms with Crippen molar-refractivity contribution in [1.82, 2.24) is 5.32 Å². The minimum atomic E-state index is 0.792. The van der Waals surface area contributed by atoms with Gasteiger partial charge in [-0.25, -0.2) is 0 Å². The zero-order valence-corrected chi connectivity index (χ0v) is 11.9. The van der Waals surface area contributed by atoms with Crippen molar-refractivity contribution in [3.8, 4) is 11.5 Å². The van der Waals surface area contributed by atoms with Crippen molar-refractivity contribution >= 4 is 0 Å². The fourth-order valence-electron chi connectivity index (χ4n) is 2.53. The van der Waals surface area contributed by atoms with Crippen molar-refractivity contribution in [1.29, 1.82) is 0 Å². The summed E-state index contributed by atoms with van der Waals surface area (Å²) < 4.78 is 10.7. The molecule has 0 aromatic heterocycles. The summed E-state index contributed by atoms with van der Waals surface area (Å²) in [6.07, 6.45) is 7.42. The minimum Gasteiger partial charge on any atom is -0.493 e. The maximum absolute atomic E-state index is 5.42. The lowest BCUT2D eigenvalue weighted by Crippen LogP contribution is -2.15. The highest BCUT2D eigenvalue weighted by molar-refractivity contribution is 5.46. The first-order valence-electron chi connectivity index (χ1n) is 6.93. The first kappa shape index (κ1) is 13.9. The second-order valence-electron chi connectivity index (χ2n) is 4.83. The third kappa shape index (κ3) is 3.74. The molecular formula is C16H23NO2. The topological polar surface area (TPSA) is 30.5 Å². The van der Waals surface area contributed by atoms with E-state index in [1.54, 1.807) is 19.8 Å². The SMILES string of the molecule is COc1cccc(CNCCC2=CCCC2)c1OC. The van der Waals surface area contributed by atoms with E-state index in [2.05, 4.69) is 17.5 Å². The van der Waals surface area contributed by atoms with Crippen molar-refractivity contribution < 1.29 is 9.47 Å². The van der Waals surface area contributed by atoms with Crippen LogP contribution in [-0.4, -0.2) is 20.8 Å². The normalized spacial score (nSPS) is 14.3. The van der Waals surface area contributed by atoms with E-state index in [4.69, 9.17) is 9.47 Å². The molecule has 1 N–H and O–H groups in total. The molecule has 1 aliphatic rings. The second-order valence-corrected chi connectivity index (χ2v) is 4.83. The third-order valence-corrected chi connectivity index (χ3v) is 3.56. The van der Waals surface area contributed by atoms with Crippen LogP contribution in [-0.2, 0) is 6.54 Å². The van der Waals surface area contributed by atoms with Crippen molar-refractivity contribution in [2.75, 3.05) is 20.8 Å². The van der Waals surface area contributed by atoms with Crippen LogP contribution in [0.15, 0.2) is 29.8 Å². The first-order chi connectivity index (χ1) is 9.35. The molecule has 104 valence electrons. The summed E-state index contributed by atoms with van der Waals surface area (Å²) in [4.78, 5) is 0. The van der Waals surface area contributed by atoms with Gasteiger partial charge >= 0.3 is 0 Å². The number of hydrogen-bond donors (Lipinski definition) is 1. The van der Waals surface area contributed by atoms with Gasteiger partial charge in [-0.1, -0.05) is 23.8 Å². The predicted octanol–water partition coefficient (Wildman–Crippen LogP) is 3.29. The van der Waals surface area contributed by atoms with Crippen molar-refractivity contribution in [2.24, 2.45) is 0 Å². The lowest BCUT2D eigenvalue weighted by molar-refractivity contribution is 0.350. The molecule has 0 unspecified atom stereocenters. The first-order valence-corrected chi connectivity index (χ1v) is 6.93. The van der Waals surface area contributed by atoms with Gasteiger partial charge in [-0.15, -0.1) is 0 Å². The minimum absolute atomic E-state index is 0.792. The summed E-state index contributed by atoms with van der Waals surface area (Å²) in [5.74, 6) is 1.62. The van der Waals surface area contributed by atoms with Crippen LogP contribution in [0, 0.1) is 0 Å². The second kappa shape index (κ2) is 7.19. The van der Waals surface area contributed by atoms with E-state index in [9.17, 15) is 0 Å². The molecule has 19 heavy (non-hydrogen) atoms. The van der Waals surface area contributed by atoms with Crippen LogP contribution in [0.2, 0.25) is 0 Å². The van der Waals surface area contributed by atoms with Crippen LogP contribution < -0.4 is 14.8 Å². The van der Waals surface area contributed by atoms with Crippen LogP contribution in [0.1, 0.15) is 31.2 Å². The standard InChI is InChI=1S/C16H23NO2/c1-18-15-9-5-8-14(16(15)19-2)12-17-11-10-13-6-3-4-7-13/h5-6,8-9,17H,3-4,7,10-12H2,1-2H3. The Hall–Kier alpha value is -1.48. The molecule has 0 saturated heterocycles. The Morgan fingerprint density at radius 2 is 2.11 bits per heavy atom. The summed E-state index contributed by atoms with van der Waals surface area (Å²) >= 11 is 0. The van der Waals surface area contributed by atoms with Crippen LogP contribution in [0.25, 0.3) is 0 Å². The number of para-hydroxylation sites is 1. The number of nitrogens with one attached hydrogen (secondary N) is 1. The maximum atomic E-state index is 5.42. The molecule has 3 heteroatoms. The number of hydrogen-bond acceptors (Lipinski definition) is 3. The third-order valence-electron chi connectivity index (χ3n) is 3.56. The van der Waals surface area contributed by atoms with E-state index in [0.29, 0.717) is 0 Å². The molecule has 1 aliphatic carbocycles. The van der Waals surface area contributed by atoms with E-state index in [-0.39, 0.29) is 0 Å². The van der Waals surface area contributed by atoms with Gasteiger partial charge in [-0.2, -0.15) is 0 Å². The molecule has 0 heterocycles. The Morgan fingerprint density at radius 3 is 2.79 bits per heavy atom. The molecular weight excluding hydrogens is 238 g/mol. The Morgan fingerprint density at radius 1 is 1.21 bits per heavy atom. The molecule has 2 rings (SSSR count). The average Bonchev–Trinajstić information content (AvgIpc) is 2.96. The summed E-state index contributed by atoms with van der Waals surface area (Å²) in [5.41, 5.74) is 2.74. The largest absolute Gasteiger partial charge is 0.493 e. The van der Waals surface area contributed by atoms with Gasteiger partial charge in [-0.3, -0.25) is 0 Å². The summed E-state index contributed by atoms with van der Waals surface area (Å²) in [5, 5.41) is 3.48. The Balaban J connectivity index is 1.85. The molecule has 0 amide bonds. The molecule has 3 nitrogen and oxygen atoms in total. The highest BCUT2D eigenvalue weighted by Crippen LogP contribution is 2.30.